The quantitative estimate of drug-likeness (QED) is 0.570. The standard InChI is InChI=1S/C19H22FN3O5/c20-14-9-11(7-8-15(14)21-16(24)10-5-6-10)17(25)22-23-18(26)12-3-1-2-4-13(12)19(27)28/h7-10,12-13H,1-6H2,(H,21,24)(H,22,25)(H,23,26)(H,27,28). The Labute approximate surface area is 160 Å². The van der Waals surface area contributed by atoms with Crippen molar-refractivity contribution in [3.63, 3.8) is 0 Å². The Morgan fingerprint density at radius 2 is 1.61 bits per heavy atom. The largest absolute Gasteiger partial charge is 0.481 e. The number of amides is 3. The first-order valence-electron chi connectivity index (χ1n) is 9.30. The molecule has 0 aromatic heterocycles. The summed E-state index contributed by atoms with van der Waals surface area (Å²) < 4.78 is 14.1. The van der Waals surface area contributed by atoms with Crippen LogP contribution in [0.2, 0.25) is 0 Å². The van der Waals surface area contributed by atoms with Crippen LogP contribution in [0.25, 0.3) is 0 Å². The van der Waals surface area contributed by atoms with Gasteiger partial charge in [-0.25, -0.2) is 4.39 Å². The van der Waals surface area contributed by atoms with Crippen molar-refractivity contribution < 1.29 is 28.7 Å². The lowest BCUT2D eigenvalue weighted by Gasteiger charge is -2.27. The second-order valence-electron chi connectivity index (χ2n) is 7.24. The summed E-state index contributed by atoms with van der Waals surface area (Å²) in [5.41, 5.74) is 4.37. The smallest absolute Gasteiger partial charge is 0.307 e. The summed E-state index contributed by atoms with van der Waals surface area (Å²) in [7, 11) is 0. The van der Waals surface area contributed by atoms with Gasteiger partial charge in [-0.1, -0.05) is 12.8 Å². The number of anilines is 1. The van der Waals surface area contributed by atoms with Gasteiger partial charge in [0.25, 0.3) is 5.91 Å². The maximum absolute atomic E-state index is 14.1. The molecule has 2 saturated carbocycles. The summed E-state index contributed by atoms with van der Waals surface area (Å²) in [4.78, 5) is 47.4. The van der Waals surface area contributed by atoms with Gasteiger partial charge >= 0.3 is 5.97 Å². The molecule has 3 rings (SSSR count). The maximum atomic E-state index is 14.1. The summed E-state index contributed by atoms with van der Waals surface area (Å²) >= 11 is 0. The van der Waals surface area contributed by atoms with Crippen molar-refractivity contribution in [2.24, 2.45) is 17.8 Å². The van der Waals surface area contributed by atoms with Gasteiger partial charge in [0.1, 0.15) is 5.82 Å². The Morgan fingerprint density at radius 3 is 2.21 bits per heavy atom. The average Bonchev–Trinajstić information content (AvgIpc) is 3.52. The summed E-state index contributed by atoms with van der Waals surface area (Å²) in [6.45, 7) is 0. The molecule has 2 fully saturated rings. The molecule has 1 aromatic carbocycles. The van der Waals surface area contributed by atoms with E-state index in [1.54, 1.807) is 0 Å². The van der Waals surface area contributed by atoms with E-state index in [0.717, 1.165) is 31.7 Å². The normalized spacial score (nSPS) is 21.5. The van der Waals surface area contributed by atoms with Crippen molar-refractivity contribution in [1.82, 2.24) is 10.9 Å². The van der Waals surface area contributed by atoms with E-state index < -0.39 is 35.4 Å². The molecule has 2 unspecified atom stereocenters. The van der Waals surface area contributed by atoms with Gasteiger partial charge in [0.15, 0.2) is 0 Å². The first kappa shape index (κ1) is 19.8. The third-order valence-electron chi connectivity index (χ3n) is 5.16. The van der Waals surface area contributed by atoms with Crippen LogP contribution >= 0.6 is 0 Å². The molecule has 2 aliphatic carbocycles. The lowest BCUT2D eigenvalue weighted by atomic mass is 9.79. The van der Waals surface area contributed by atoms with Crippen LogP contribution in [0, 0.1) is 23.6 Å². The number of carboxylic acid groups (broad SMARTS) is 1. The number of hydrogen-bond acceptors (Lipinski definition) is 4. The van der Waals surface area contributed by atoms with Crippen LogP contribution in [-0.4, -0.2) is 28.8 Å². The Kier molecular flexibility index (Phi) is 5.91. The topological polar surface area (TPSA) is 125 Å². The lowest BCUT2D eigenvalue weighted by molar-refractivity contribution is -0.149. The van der Waals surface area contributed by atoms with Crippen LogP contribution < -0.4 is 16.2 Å². The number of hydrogen-bond donors (Lipinski definition) is 4. The number of nitrogens with one attached hydrogen (secondary N) is 3. The van der Waals surface area contributed by atoms with Crippen molar-refractivity contribution in [2.75, 3.05) is 5.32 Å². The number of aliphatic carboxylic acids is 1. The molecule has 8 nitrogen and oxygen atoms in total. The van der Waals surface area contributed by atoms with E-state index in [0.29, 0.717) is 12.8 Å². The van der Waals surface area contributed by atoms with Gasteiger partial charge in [-0.3, -0.25) is 30.0 Å². The van der Waals surface area contributed by atoms with Crippen molar-refractivity contribution in [1.29, 1.82) is 0 Å². The van der Waals surface area contributed by atoms with Gasteiger partial charge in [-0.05, 0) is 43.9 Å². The number of hydrazine groups is 1. The zero-order valence-corrected chi connectivity index (χ0v) is 15.2. The molecule has 2 aliphatic rings. The molecule has 3 amide bonds. The monoisotopic (exact) mass is 391 g/mol. The first-order chi connectivity index (χ1) is 13.4. The van der Waals surface area contributed by atoms with Gasteiger partial charge in [0.05, 0.1) is 17.5 Å². The molecule has 9 heteroatoms. The fourth-order valence-electron chi connectivity index (χ4n) is 3.36. The Balaban J connectivity index is 1.56. The summed E-state index contributed by atoms with van der Waals surface area (Å²) in [6.07, 6.45) is 3.92. The molecule has 0 aliphatic heterocycles. The highest BCUT2D eigenvalue weighted by Crippen LogP contribution is 2.31. The zero-order chi connectivity index (χ0) is 20.3. The first-order valence-corrected chi connectivity index (χ1v) is 9.30. The minimum Gasteiger partial charge on any atom is -0.481 e. The van der Waals surface area contributed by atoms with E-state index >= 15 is 0 Å². The van der Waals surface area contributed by atoms with E-state index in [9.17, 15) is 28.7 Å². The van der Waals surface area contributed by atoms with E-state index in [4.69, 9.17) is 0 Å². The molecular formula is C19H22FN3O5. The van der Waals surface area contributed by atoms with Crippen LogP contribution in [0.4, 0.5) is 10.1 Å². The molecule has 150 valence electrons. The Hall–Kier alpha value is -2.97. The minimum absolute atomic E-state index is 0.0102. The van der Waals surface area contributed by atoms with Gasteiger partial charge < -0.3 is 10.4 Å². The van der Waals surface area contributed by atoms with Crippen LogP contribution in [0.15, 0.2) is 18.2 Å². The zero-order valence-electron chi connectivity index (χ0n) is 15.2. The minimum atomic E-state index is -1.03. The van der Waals surface area contributed by atoms with Crippen LogP contribution in [0.3, 0.4) is 0 Å². The number of carbonyl (C=O) groups is 4. The molecule has 1 aromatic rings. The molecule has 2 atom stereocenters. The summed E-state index contributed by atoms with van der Waals surface area (Å²) in [5, 5.41) is 11.7. The van der Waals surface area contributed by atoms with E-state index in [-0.39, 0.29) is 23.1 Å². The van der Waals surface area contributed by atoms with E-state index in [1.165, 1.54) is 12.1 Å². The maximum Gasteiger partial charge on any atom is 0.307 e. The molecule has 0 heterocycles. The number of halogens is 1. The van der Waals surface area contributed by atoms with Crippen molar-refractivity contribution in [3.8, 4) is 0 Å². The van der Waals surface area contributed by atoms with Crippen molar-refractivity contribution >= 4 is 29.4 Å². The van der Waals surface area contributed by atoms with Crippen LogP contribution in [0.5, 0.6) is 0 Å². The van der Waals surface area contributed by atoms with Gasteiger partial charge in [-0.15, -0.1) is 0 Å². The number of benzene rings is 1. The highest BCUT2D eigenvalue weighted by atomic mass is 19.1. The van der Waals surface area contributed by atoms with Crippen LogP contribution in [0.1, 0.15) is 48.9 Å². The second kappa shape index (κ2) is 8.37. The predicted octanol–water partition coefficient (Wildman–Crippen LogP) is 1.83. The average molecular weight is 391 g/mol. The summed E-state index contributed by atoms with van der Waals surface area (Å²) in [5.74, 6) is -4.93. The van der Waals surface area contributed by atoms with Crippen molar-refractivity contribution in [3.05, 3.63) is 29.6 Å². The van der Waals surface area contributed by atoms with Crippen LogP contribution in [-0.2, 0) is 14.4 Å². The fraction of sp³-hybridized carbons (Fsp3) is 0.474. The SMILES string of the molecule is O=C(NNC(=O)C1CCCCC1C(=O)O)c1ccc(NC(=O)C2CC2)c(F)c1. The van der Waals surface area contributed by atoms with E-state index in [2.05, 4.69) is 16.2 Å². The third kappa shape index (κ3) is 4.65. The number of rotatable bonds is 5. The second-order valence-corrected chi connectivity index (χ2v) is 7.24. The van der Waals surface area contributed by atoms with E-state index in [1.807, 2.05) is 0 Å². The number of carbonyl (C=O) groups excluding carboxylic acids is 3. The van der Waals surface area contributed by atoms with Gasteiger partial charge in [0.2, 0.25) is 11.8 Å². The van der Waals surface area contributed by atoms with Gasteiger partial charge in [-0.2, -0.15) is 0 Å². The Bertz CT molecular complexity index is 809. The number of carboxylic acids is 1. The molecular weight excluding hydrogens is 369 g/mol. The molecule has 0 saturated heterocycles. The third-order valence-corrected chi connectivity index (χ3v) is 5.16. The highest BCUT2D eigenvalue weighted by Gasteiger charge is 2.36. The molecule has 0 spiro atoms. The highest BCUT2D eigenvalue weighted by molar-refractivity contribution is 5.98. The Morgan fingerprint density at radius 1 is 0.929 bits per heavy atom. The summed E-state index contributed by atoms with van der Waals surface area (Å²) in [6, 6.07) is 3.58. The van der Waals surface area contributed by atoms with Gasteiger partial charge in [0, 0.05) is 11.5 Å². The molecule has 0 bridgehead atoms. The molecule has 0 radical (unpaired) electrons. The fourth-order valence-corrected chi connectivity index (χ4v) is 3.36. The predicted molar refractivity (Wildman–Crippen MR) is 96.4 cm³/mol. The lowest BCUT2D eigenvalue weighted by Crippen LogP contribution is -2.47. The molecule has 4 N–H and O–H groups in total. The molecule has 28 heavy (non-hydrogen) atoms. The van der Waals surface area contributed by atoms with Crippen molar-refractivity contribution in [2.45, 2.75) is 38.5 Å².